The van der Waals surface area contributed by atoms with Crippen LogP contribution in [0.5, 0.6) is 11.5 Å². The SMILES string of the molecule is COc1cc2ncnc(Nc3cccc(Cl)c3)c2cc1OCCCNC(=O)OC(C)(C)C. The number of anilines is 2. The molecule has 1 amide bonds. The van der Waals surface area contributed by atoms with Gasteiger partial charge in [0.05, 0.1) is 19.2 Å². The van der Waals surface area contributed by atoms with Crippen LogP contribution in [0.4, 0.5) is 16.3 Å². The van der Waals surface area contributed by atoms with E-state index < -0.39 is 11.7 Å². The summed E-state index contributed by atoms with van der Waals surface area (Å²) in [7, 11) is 1.57. The van der Waals surface area contributed by atoms with Crippen LogP contribution in [0.1, 0.15) is 27.2 Å². The fourth-order valence-corrected chi connectivity index (χ4v) is 3.09. The summed E-state index contributed by atoms with van der Waals surface area (Å²) < 4.78 is 16.6. The predicted octanol–water partition coefficient (Wildman–Crippen LogP) is 5.33. The van der Waals surface area contributed by atoms with Crippen molar-refractivity contribution in [1.82, 2.24) is 15.3 Å². The minimum absolute atomic E-state index is 0.377. The zero-order valence-electron chi connectivity index (χ0n) is 18.6. The number of fused-ring (bicyclic) bond motifs is 1. The Balaban J connectivity index is 1.69. The summed E-state index contributed by atoms with van der Waals surface area (Å²) in [6, 6.07) is 11.0. The smallest absolute Gasteiger partial charge is 0.407 e. The molecule has 2 aromatic carbocycles. The third-order valence-electron chi connectivity index (χ3n) is 4.25. The molecule has 0 saturated carbocycles. The summed E-state index contributed by atoms with van der Waals surface area (Å²) >= 11 is 6.08. The van der Waals surface area contributed by atoms with Gasteiger partial charge in [0, 0.05) is 28.7 Å². The molecule has 9 heteroatoms. The van der Waals surface area contributed by atoms with Crippen LogP contribution in [-0.4, -0.2) is 41.9 Å². The molecule has 3 aromatic rings. The summed E-state index contributed by atoms with van der Waals surface area (Å²) in [5.74, 6) is 1.74. The number of aromatic nitrogens is 2. The van der Waals surface area contributed by atoms with E-state index in [4.69, 9.17) is 25.8 Å². The molecule has 0 radical (unpaired) electrons. The first-order valence-corrected chi connectivity index (χ1v) is 10.6. The van der Waals surface area contributed by atoms with E-state index in [0.29, 0.717) is 47.4 Å². The molecule has 3 rings (SSSR count). The summed E-state index contributed by atoms with van der Waals surface area (Å²) in [6.07, 6.45) is 1.63. The topological polar surface area (TPSA) is 94.6 Å². The lowest BCUT2D eigenvalue weighted by Gasteiger charge is -2.19. The Morgan fingerprint density at radius 3 is 2.66 bits per heavy atom. The summed E-state index contributed by atoms with van der Waals surface area (Å²) in [6.45, 7) is 6.26. The van der Waals surface area contributed by atoms with Crippen molar-refractivity contribution in [2.24, 2.45) is 0 Å². The van der Waals surface area contributed by atoms with Gasteiger partial charge in [0.25, 0.3) is 0 Å². The highest BCUT2D eigenvalue weighted by Crippen LogP contribution is 2.35. The molecule has 0 aliphatic heterocycles. The number of hydrogen-bond donors (Lipinski definition) is 2. The van der Waals surface area contributed by atoms with Gasteiger partial charge in [-0.05, 0) is 51.5 Å². The number of carbonyl (C=O) groups is 1. The number of carbonyl (C=O) groups excluding carboxylic acids is 1. The van der Waals surface area contributed by atoms with Gasteiger partial charge in [-0.25, -0.2) is 14.8 Å². The molecule has 1 heterocycles. The van der Waals surface area contributed by atoms with Crippen molar-refractivity contribution in [3.05, 3.63) is 47.7 Å². The number of nitrogens with one attached hydrogen (secondary N) is 2. The molecule has 0 atom stereocenters. The van der Waals surface area contributed by atoms with Crippen LogP contribution < -0.4 is 20.1 Å². The van der Waals surface area contributed by atoms with Gasteiger partial charge in [-0.1, -0.05) is 17.7 Å². The van der Waals surface area contributed by atoms with Gasteiger partial charge in [0.15, 0.2) is 11.5 Å². The van der Waals surface area contributed by atoms with E-state index >= 15 is 0 Å². The minimum atomic E-state index is -0.530. The maximum absolute atomic E-state index is 11.7. The van der Waals surface area contributed by atoms with Crippen molar-refractivity contribution in [1.29, 1.82) is 0 Å². The molecule has 8 nitrogen and oxygen atoms in total. The van der Waals surface area contributed by atoms with E-state index in [2.05, 4.69) is 20.6 Å². The number of amides is 1. The van der Waals surface area contributed by atoms with Crippen molar-refractivity contribution in [3.8, 4) is 11.5 Å². The Labute approximate surface area is 192 Å². The molecule has 0 aliphatic rings. The lowest BCUT2D eigenvalue weighted by molar-refractivity contribution is 0.0525. The fraction of sp³-hybridized carbons (Fsp3) is 0.348. The zero-order chi connectivity index (χ0) is 23.1. The van der Waals surface area contributed by atoms with Gasteiger partial charge < -0.3 is 24.8 Å². The molecular formula is C23H27ClN4O4. The quantitative estimate of drug-likeness (QED) is 0.440. The first-order chi connectivity index (χ1) is 15.2. The van der Waals surface area contributed by atoms with Crippen LogP contribution in [0.15, 0.2) is 42.7 Å². The van der Waals surface area contributed by atoms with Crippen LogP contribution in [-0.2, 0) is 4.74 Å². The first-order valence-electron chi connectivity index (χ1n) is 10.2. The highest BCUT2D eigenvalue weighted by Gasteiger charge is 2.16. The first kappa shape index (κ1) is 23.4. The van der Waals surface area contributed by atoms with E-state index in [1.807, 2.05) is 45.0 Å². The standard InChI is InChI=1S/C23H27ClN4O4/c1-23(2,3)32-22(29)25-9-6-10-31-20-12-17-18(13-19(20)30-4)26-14-27-21(17)28-16-8-5-7-15(24)11-16/h5,7-8,11-14H,6,9-10H2,1-4H3,(H,25,29)(H,26,27,28). The van der Waals surface area contributed by atoms with E-state index in [1.165, 1.54) is 6.33 Å². The number of alkyl carbamates (subject to hydrolysis) is 1. The normalized spacial score (nSPS) is 11.2. The Morgan fingerprint density at radius 1 is 1.12 bits per heavy atom. The van der Waals surface area contributed by atoms with Gasteiger partial charge in [-0.15, -0.1) is 0 Å². The van der Waals surface area contributed by atoms with E-state index in [-0.39, 0.29) is 0 Å². The molecule has 0 fully saturated rings. The molecule has 0 aliphatic carbocycles. The Kier molecular flexibility index (Phi) is 7.58. The van der Waals surface area contributed by atoms with E-state index in [1.54, 1.807) is 19.2 Å². The third-order valence-corrected chi connectivity index (χ3v) is 4.49. The molecule has 170 valence electrons. The molecule has 0 spiro atoms. The van der Waals surface area contributed by atoms with Gasteiger partial charge >= 0.3 is 6.09 Å². The molecule has 0 saturated heterocycles. The Bertz CT molecular complexity index is 1090. The Hall–Kier alpha value is -3.26. The highest BCUT2D eigenvalue weighted by atomic mass is 35.5. The van der Waals surface area contributed by atoms with E-state index in [9.17, 15) is 4.79 Å². The van der Waals surface area contributed by atoms with Gasteiger partial charge in [0.1, 0.15) is 17.7 Å². The summed E-state index contributed by atoms with van der Waals surface area (Å²) in [5.41, 5.74) is 0.988. The number of hydrogen-bond acceptors (Lipinski definition) is 7. The number of halogens is 1. The largest absolute Gasteiger partial charge is 0.493 e. The van der Waals surface area contributed by atoms with Crippen LogP contribution in [0, 0.1) is 0 Å². The highest BCUT2D eigenvalue weighted by molar-refractivity contribution is 6.30. The average Bonchev–Trinajstić information content (AvgIpc) is 2.72. The molecule has 2 N–H and O–H groups in total. The van der Waals surface area contributed by atoms with Crippen LogP contribution >= 0.6 is 11.6 Å². The van der Waals surface area contributed by atoms with Gasteiger partial charge in [0.2, 0.25) is 0 Å². The van der Waals surface area contributed by atoms with Crippen LogP contribution in [0.2, 0.25) is 5.02 Å². The number of methoxy groups -OCH3 is 1. The predicted molar refractivity (Wildman–Crippen MR) is 125 cm³/mol. The zero-order valence-corrected chi connectivity index (χ0v) is 19.3. The van der Waals surface area contributed by atoms with Gasteiger partial charge in [-0.3, -0.25) is 0 Å². The maximum Gasteiger partial charge on any atom is 0.407 e. The fourth-order valence-electron chi connectivity index (χ4n) is 2.90. The maximum atomic E-state index is 11.7. The minimum Gasteiger partial charge on any atom is -0.493 e. The molecule has 32 heavy (non-hydrogen) atoms. The number of rotatable bonds is 8. The Morgan fingerprint density at radius 2 is 1.94 bits per heavy atom. The average molecular weight is 459 g/mol. The third kappa shape index (κ3) is 6.62. The van der Waals surface area contributed by atoms with Crippen molar-refractivity contribution < 1.29 is 19.0 Å². The number of nitrogens with zero attached hydrogens (tertiary/aromatic N) is 2. The number of benzene rings is 2. The molecule has 0 bridgehead atoms. The lowest BCUT2D eigenvalue weighted by Crippen LogP contribution is -2.33. The second-order valence-corrected chi connectivity index (χ2v) is 8.44. The van der Waals surface area contributed by atoms with Crippen molar-refractivity contribution >= 4 is 40.1 Å². The second kappa shape index (κ2) is 10.4. The second-order valence-electron chi connectivity index (χ2n) is 8.01. The molecule has 1 aromatic heterocycles. The van der Waals surface area contributed by atoms with Crippen molar-refractivity contribution in [2.75, 3.05) is 25.6 Å². The molecular weight excluding hydrogens is 432 g/mol. The summed E-state index contributed by atoms with van der Waals surface area (Å²) in [5, 5.41) is 7.38. The van der Waals surface area contributed by atoms with E-state index in [0.717, 1.165) is 11.1 Å². The summed E-state index contributed by atoms with van der Waals surface area (Å²) in [4.78, 5) is 20.4. The molecule has 0 unspecified atom stereocenters. The van der Waals surface area contributed by atoms with Crippen LogP contribution in [0.3, 0.4) is 0 Å². The number of ether oxygens (including phenoxy) is 3. The van der Waals surface area contributed by atoms with Gasteiger partial charge in [-0.2, -0.15) is 0 Å². The van der Waals surface area contributed by atoms with Crippen molar-refractivity contribution in [2.45, 2.75) is 32.8 Å². The van der Waals surface area contributed by atoms with Crippen LogP contribution in [0.25, 0.3) is 10.9 Å². The monoisotopic (exact) mass is 458 g/mol. The van der Waals surface area contributed by atoms with Crippen molar-refractivity contribution in [3.63, 3.8) is 0 Å². The lowest BCUT2D eigenvalue weighted by atomic mass is 10.2.